The second kappa shape index (κ2) is 8.14. The zero-order chi connectivity index (χ0) is 19.6. The molecule has 1 atom stereocenters. The summed E-state index contributed by atoms with van der Waals surface area (Å²) in [6, 6.07) is 2.95. The highest BCUT2D eigenvalue weighted by molar-refractivity contribution is 6.32. The van der Waals surface area contributed by atoms with Gasteiger partial charge >= 0.3 is 5.97 Å². The fraction of sp³-hybridized carbons (Fsp3) is 0.500. The van der Waals surface area contributed by atoms with E-state index in [9.17, 15) is 9.90 Å². The molecule has 1 aromatic carbocycles. The monoisotopic (exact) mass is 394 g/mol. The Morgan fingerprint density at radius 3 is 2.85 bits per heavy atom. The van der Waals surface area contributed by atoms with Crippen LogP contribution in [0.3, 0.4) is 0 Å². The Labute approximate surface area is 162 Å². The first-order valence-corrected chi connectivity index (χ1v) is 9.17. The molecule has 1 unspecified atom stereocenters. The van der Waals surface area contributed by atoms with E-state index in [1.807, 2.05) is 29.4 Å². The number of nitrogens with zero attached hydrogens (tertiary/aromatic N) is 4. The molecule has 0 aliphatic carbocycles. The number of fused-ring (bicyclic) bond motifs is 1. The molecule has 27 heavy (non-hydrogen) atoms. The number of carbonyl (C=O) groups is 1. The van der Waals surface area contributed by atoms with E-state index in [1.54, 1.807) is 13.2 Å². The summed E-state index contributed by atoms with van der Waals surface area (Å²) in [6.45, 7) is 5.48. The van der Waals surface area contributed by atoms with Gasteiger partial charge in [0.25, 0.3) is 0 Å². The Balaban J connectivity index is 1.87. The maximum Gasteiger partial charge on any atom is 0.322 e. The van der Waals surface area contributed by atoms with E-state index in [0.29, 0.717) is 42.8 Å². The van der Waals surface area contributed by atoms with E-state index in [2.05, 4.69) is 10.2 Å². The van der Waals surface area contributed by atoms with Gasteiger partial charge in [0.15, 0.2) is 11.5 Å². The molecule has 1 aliphatic heterocycles. The average Bonchev–Trinajstić information content (AvgIpc) is 2.99. The van der Waals surface area contributed by atoms with Crippen molar-refractivity contribution in [1.82, 2.24) is 19.7 Å². The largest absolute Gasteiger partial charge is 0.493 e. The second-order valence-corrected chi connectivity index (χ2v) is 6.90. The zero-order valence-corrected chi connectivity index (χ0v) is 16.4. The van der Waals surface area contributed by atoms with E-state index < -0.39 is 12.0 Å². The van der Waals surface area contributed by atoms with E-state index in [4.69, 9.17) is 21.1 Å². The van der Waals surface area contributed by atoms with Crippen LogP contribution in [-0.4, -0.2) is 50.5 Å². The van der Waals surface area contributed by atoms with Gasteiger partial charge in [0.1, 0.15) is 17.7 Å². The molecule has 146 valence electrons. The van der Waals surface area contributed by atoms with Gasteiger partial charge in [-0.1, -0.05) is 18.5 Å². The number of methoxy groups -OCH3 is 1. The Morgan fingerprint density at radius 1 is 1.41 bits per heavy atom. The summed E-state index contributed by atoms with van der Waals surface area (Å²) in [5.41, 5.74) is 0.844. The first kappa shape index (κ1) is 19.4. The number of carboxylic acid groups (broad SMARTS) is 1. The quantitative estimate of drug-likeness (QED) is 0.771. The van der Waals surface area contributed by atoms with Crippen molar-refractivity contribution in [2.24, 2.45) is 0 Å². The minimum atomic E-state index is -0.880. The number of hydrogen-bond donors (Lipinski definition) is 1. The van der Waals surface area contributed by atoms with Crippen LogP contribution < -0.4 is 9.47 Å². The van der Waals surface area contributed by atoms with Crippen molar-refractivity contribution in [1.29, 1.82) is 0 Å². The number of aliphatic carboxylic acids is 1. The van der Waals surface area contributed by atoms with Crippen LogP contribution in [0.15, 0.2) is 12.1 Å². The third-order valence-corrected chi connectivity index (χ3v) is 4.84. The highest BCUT2D eigenvalue weighted by atomic mass is 35.5. The summed E-state index contributed by atoms with van der Waals surface area (Å²) in [6.07, 6.45) is 0.857. The van der Waals surface area contributed by atoms with Crippen LogP contribution in [0.1, 0.15) is 30.6 Å². The SMILES string of the molecule is CCCOc1c(Cl)cc(CN2Cc3nnc(C)n3CC2C(=O)O)cc1OC. The normalized spacial score (nSPS) is 16.8. The van der Waals surface area contributed by atoms with Crippen LogP contribution >= 0.6 is 11.6 Å². The van der Waals surface area contributed by atoms with E-state index in [1.165, 1.54) is 0 Å². The molecule has 0 saturated heterocycles. The van der Waals surface area contributed by atoms with Gasteiger partial charge in [0.05, 0.1) is 31.8 Å². The lowest BCUT2D eigenvalue weighted by Gasteiger charge is -2.33. The van der Waals surface area contributed by atoms with Gasteiger partial charge in [-0.2, -0.15) is 0 Å². The first-order chi connectivity index (χ1) is 12.9. The van der Waals surface area contributed by atoms with Gasteiger partial charge in [-0.3, -0.25) is 9.69 Å². The molecule has 0 bridgehead atoms. The molecule has 0 radical (unpaired) electrons. The summed E-state index contributed by atoms with van der Waals surface area (Å²) in [7, 11) is 1.56. The lowest BCUT2D eigenvalue weighted by Crippen LogP contribution is -2.47. The highest BCUT2D eigenvalue weighted by Crippen LogP contribution is 2.37. The second-order valence-electron chi connectivity index (χ2n) is 6.49. The lowest BCUT2D eigenvalue weighted by atomic mass is 10.1. The first-order valence-electron chi connectivity index (χ1n) is 8.79. The Kier molecular flexibility index (Phi) is 5.86. The van der Waals surface area contributed by atoms with Crippen molar-refractivity contribution in [2.75, 3.05) is 13.7 Å². The molecule has 0 fully saturated rings. The third kappa shape index (κ3) is 4.01. The van der Waals surface area contributed by atoms with Crippen molar-refractivity contribution in [2.45, 2.75) is 45.9 Å². The maximum atomic E-state index is 11.8. The standard InChI is InChI=1S/C18H23ClN4O4/c1-4-5-27-17-13(19)6-12(7-15(17)26-3)8-22-10-16-21-20-11(2)23(16)9-14(22)18(24)25/h6-7,14H,4-5,8-10H2,1-3H3,(H,24,25). The van der Waals surface area contributed by atoms with Crippen LogP contribution in [0.25, 0.3) is 0 Å². The van der Waals surface area contributed by atoms with Crippen molar-refractivity contribution >= 4 is 17.6 Å². The number of rotatable bonds is 7. The van der Waals surface area contributed by atoms with E-state index >= 15 is 0 Å². The van der Waals surface area contributed by atoms with Gasteiger partial charge in [0.2, 0.25) is 0 Å². The summed E-state index contributed by atoms with van der Waals surface area (Å²) < 4.78 is 12.9. The summed E-state index contributed by atoms with van der Waals surface area (Å²) in [5, 5.41) is 18.3. The molecule has 1 N–H and O–H groups in total. The number of ether oxygens (including phenoxy) is 2. The molecule has 2 aromatic rings. The lowest BCUT2D eigenvalue weighted by molar-refractivity contribution is -0.145. The molecule has 1 aromatic heterocycles. The van der Waals surface area contributed by atoms with Crippen LogP contribution in [0.5, 0.6) is 11.5 Å². The third-order valence-electron chi connectivity index (χ3n) is 4.56. The summed E-state index contributed by atoms with van der Waals surface area (Å²) in [4.78, 5) is 13.6. The van der Waals surface area contributed by atoms with Gasteiger partial charge in [0, 0.05) is 6.54 Å². The maximum absolute atomic E-state index is 11.8. The van der Waals surface area contributed by atoms with Crippen molar-refractivity contribution in [3.63, 3.8) is 0 Å². The van der Waals surface area contributed by atoms with Crippen LogP contribution in [0.4, 0.5) is 0 Å². The molecule has 2 heterocycles. The van der Waals surface area contributed by atoms with Crippen LogP contribution in [0.2, 0.25) is 5.02 Å². The minimum absolute atomic E-state index is 0.312. The molecule has 9 heteroatoms. The van der Waals surface area contributed by atoms with Gasteiger partial charge < -0.3 is 19.1 Å². The summed E-state index contributed by atoms with van der Waals surface area (Å²) in [5.74, 6) is 1.64. The molecule has 0 spiro atoms. The fourth-order valence-corrected chi connectivity index (χ4v) is 3.49. The number of hydrogen-bond acceptors (Lipinski definition) is 6. The number of aromatic nitrogens is 3. The van der Waals surface area contributed by atoms with Crippen LogP contribution in [-0.2, 0) is 24.4 Å². The molecular weight excluding hydrogens is 372 g/mol. The number of benzene rings is 1. The predicted octanol–water partition coefficient (Wildman–Crippen LogP) is 2.51. The Bertz CT molecular complexity index is 839. The molecule has 0 amide bonds. The highest BCUT2D eigenvalue weighted by Gasteiger charge is 2.33. The summed E-state index contributed by atoms with van der Waals surface area (Å²) >= 11 is 6.38. The van der Waals surface area contributed by atoms with Gasteiger partial charge in [-0.25, -0.2) is 0 Å². The molecule has 3 rings (SSSR count). The molecule has 0 saturated carbocycles. The molecular formula is C18H23ClN4O4. The number of carboxylic acids is 1. The Hall–Kier alpha value is -2.32. The predicted molar refractivity (Wildman–Crippen MR) is 99.2 cm³/mol. The van der Waals surface area contributed by atoms with E-state index in [0.717, 1.165) is 23.6 Å². The van der Waals surface area contributed by atoms with Gasteiger partial charge in [-0.05, 0) is 31.0 Å². The Morgan fingerprint density at radius 2 is 2.19 bits per heavy atom. The van der Waals surface area contributed by atoms with Crippen molar-refractivity contribution in [3.05, 3.63) is 34.4 Å². The van der Waals surface area contributed by atoms with Gasteiger partial charge in [-0.15, -0.1) is 10.2 Å². The van der Waals surface area contributed by atoms with Crippen molar-refractivity contribution < 1.29 is 19.4 Å². The zero-order valence-electron chi connectivity index (χ0n) is 15.6. The average molecular weight is 395 g/mol. The number of aryl methyl sites for hydroxylation is 1. The van der Waals surface area contributed by atoms with Crippen LogP contribution in [0, 0.1) is 6.92 Å². The van der Waals surface area contributed by atoms with Crippen molar-refractivity contribution in [3.8, 4) is 11.5 Å². The number of halogens is 1. The minimum Gasteiger partial charge on any atom is -0.493 e. The molecule has 1 aliphatic rings. The topological polar surface area (TPSA) is 89.7 Å². The van der Waals surface area contributed by atoms with E-state index in [-0.39, 0.29) is 0 Å². The smallest absolute Gasteiger partial charge is 0.322 e. The fourth-order valence-electron chi connectivity index (χ4n) is 3.20. The molecule has 8 nitrogen and oxygen atoms in total.